The highest BCUT2D eigenvalue weighted by molar-refractivity contribution is 6.05. The van der Waals surface area contributed by atoms with Crippen molar-refractivity contribution < 1.29 is 22.8 Å². The van der Waals surface area contributed by atoms with E-state index in [1.54, 1.807) is 30.3 Å². The molecular formula is C24H22F3N5O2. The molecule has 0 atom stereocenters. The molecule has 2 aliphatic carbocycles. The van der Waals surface area contributed by atoms with Crippen molar-refractivity contribution in [3.63, 3.8) is 0 Å². The molecule has 0 radical (unpaired) electrons. The molecule has 2 fully saturated rings. The average molecular weight is 469 g/mol. The maximum Gasteiger partial charge on any atom is 0.416 e. The van der Waals surface area contributed by atoms with Gasteiger partial charge in [0.2, 0.25) is 0 Å². The van der Waals surface area contributed by atoms with E-state index in [9.17, 15) is 22.8 Å². The molecule has 3 aromatic rings. The van der Waals surface area contributed by atoms with E-state index in [4.69, 9.17) is 0 Å². The molecule has 0 spiro atoms. The van der Waals surface area contributed by atoms with Crippen LogP contribution in [0.1, 0.15) is 53.2 Å². The topological polar surface area (TPSA) is 88.1 Å². The van der Waals surface area contributed by atoms with Gasteiger partial charge in [-0.1, -0.05) is 6.07 Å². The quantitative estimate of drug-likeness (QED) is 0.458. The van der Waals surface area contributed by atoms with E-state index < -0.39 is 17.6 Å². The fourth-order valence-corrected chi connectivity index (χ4v) is 3.72. The van der Waals surface area contributed by atoms with Crippen LogP contribution in [0.15, 0.2) is 54.7 Å². The van der Waals surface area contributed by atoms with Crippen LogP contribution in [0, 0.1) is 0 Å². The Hall–Kier alpha value is -3.82. The van der Waals surface area contributed by atoms with Crippen LogP contribution in [-0.4, -0.2) is 27.8 Å². The van der Waals surface area contributed by atoms with E-state index in [1.165, 1.54) is 16.9 Å². The number of urea groups is 1. The normalized spacial score (nSPS) is 15.6. The summed E-state index contributed by atoms with van der Waals surface area (Å²) in [6, 6.07) is 11.6. The monoisotopic (exact) mass is 469 g/mol. The molecule has 0 bridgehead atoms. The number of rotatable bonds is 6. The Kier molecular flexibility index (Phi) is 5.51. The van der Waals surface area contributed by atoms with Crippen LogP contribution in [0.3, 0.4) is 0 Å². The highest BCUT2D eigenvalue weighted by Crippen LogP contribution is 2.43. The largest absolute Gasteiger partial charge is 0.416 e. The molecule has 176 valence electrons. The van der Waals surface area contributed by atoms with Crippen molar-refractivity contribution in [3.8, 4) is 5.69 Å². The van der Waals surface area contributed by atoms with E-state index in [0.717, 1.165) is 37.8 Å². The second-order valence-corrected chi connectivity index (χ2v) is 8.58. The summed E-state index contributed by atoms with van der Waals surface area (Å²) in [5.74, 6) is -0.332. The first kappa shape index (κ1) is 22.0. The molecule has 3 amide bonds. The van der Waals surface area contributed by atoms with Crippen molar-refractivity contribution in [2.24, 2.45) is 0 Å². The van der Waals surface area contributed by atoms with E-state index in [1.807, 2.05) is 0 Å². The Morgan fingerprint density at radius 2 is 1.62 bits per heavy atom. The van der Waals surface area contributed by atoms with Gasteiger partial charge in [-0.2, -0.15) is 18.3 Å². The first-order chi connectivity index (χ1) is 16.3. The lowest BCUT2D eigenvalue weighted by molar-refractivity contribution is -0.137. The summed E-state index contributed by atoms with van der Waals surface area (Å²) in [5, 5.41) is 12.6. The van der Waals surface area contributed by atoms with Gasteiger partial charge in [0.05, 0.1) is 28.7 Å². The van der Waals surface area contributed by atoms with Crippen LogP contribution < -0.4 is 16.0 Å². The first-order valence-corrected chi connectivity index (χ1v) is 11.0. The Morgan fingerprint density at radius 3 is 2.24 bits per heavy atom. The summed E-state index contributed by atoms with van der Waals surface area (Å²) in [5.41, 5.74) is 1.53. The molecule has 1 aromatic heterocycles. The van der Waals surface area contributed by atoms with Crippen LogP contribution in [-0.2, 0) is 6.18 Å². The zero-order valence-electron chi connectivity index (χ0n) is 18.0. The van der Waals surface area contributed by atoms with Gasteiger partial charge in [-0.3, -0.25) is 4.79 Å². The van der Waals surface area contributed by atoms with Crippen molar-refractivity contribution in [2.45, 2.75) is 43.8 Å². The Bertz CT molecular complexity index is 1230. The number of halogens is 3. The standard InChI is InChI=1S/C24H22F3N5O2/c25-24(26,27)15-2-1-3-19(12-15)32-21(14-4-5-14)20(13-28-32)22(33)29-16-6-8-17(9-7-16)30-23(34)31-18-10-11-18/h1-3,6-9,12-14,18H,4-5,10-11H2,(H,29,33)(H2,30,31,34). The number of hydrogen-bond acceptors (Lipinski definition) is 3. The number of alkyl halides is 3. The molecule has 2 saturated carbocycles. The summed E-state index contributed by atoms with van der Waals surface area (Å²) in [7, 11) is 0. The predicted molar refractivity (Wildman–Crippen MR) is 120 cm³/mol. The average Bonchev–Trinajstić information content (AvgIpc) is 3.74. The lowest BCUT2D eigenvalue weighted by atomic mass is 10.1. The number of benzene rings is 2. The second-order valence-electron chi connectivity index (χ2n) is 8.58. The van der Waals surface area contributed by atoms with Crippen molar-refractivity contribution in [1.82, 2.24) is 15.1 Å². The lowest BCUT2D eigenvalue weighted by Gasteiger charge is -2.12. The molecule has 34 heavy (non-hydrogen) atoms. The number of anilines is 2. The molecule has 2 aliphatic rings. The smallest absolute Gasteiger partial charge is 0.335 e. The molecule has 0 unspecified atom stereocenters. The molecule has 0 aliphatic heterocycles. The molecule has 5 rings (SSSR count). The van der Waals surface area contributed by atoms with Gasteiger partial charge in [-0.25, -0.2) is 9.48 Å². The van der Waals surface area contributed by atoms with Gasteiger partial charge in [-0.05, 0) is 68.1 Å². The number of aromatic nitrogens is 2. The summed E-state index contributed by atoms with van der Waals surface area (Å²) in [4.78, 5) is 24.9. The van der Waals surface area contributed by atoms with Gasteiger partial charge in [0.15, 0.2) is 0 Å². The van der Waals surface area contributed by atoms with Crippen molar-refractivity contribution >= 4 is 23.3 Å². The zero-order valence-corrected chi connectivity index (χ0v) is 18.0. The Labute approximate surface area is 193 Å². The summed E-state index contributed by atoms with van der Waals surface area (Å²) in [6.07, 6.45) is 0.587. The van der Waals surface area contributed by atoms with Gasteiger partial charge in [-0.15, -0.1) is 0 Å². The fraction of sp³-hybridized carbons (Fsp3) is 0.292. The predicted octanol–water partition coefficient (Wildman–Crippen LogP) is 5.30. The summed E-state index contributed by atoms with van der Waals surface area (Å²) >= 11 is 0. The third kappa shape index (κ3) is 4.90. The van der Waals surface area contributed by atoms with Gasteiger partial charge in [0, 0.05) is 23.3 Å². The van der Waals surface area contributed by atoms with Gasteiger partial charge in [0.25, 0.3) is 5.91 Å². The van der Waals surface area contributed by atoms with Crippen LogP contribution in [0.5, 0.6) is 0 Å². The van der Waals surface area contributed by atoms with Crippen molar-refractivity contribution in [3.05, 3.63) is 71.5 Å². The maximum absolute atomic E-state index is 13.2. The molecule has 10 heteroatoms. The minimum atomic E-state index is -4.47. The molecule has 2 aromatic carbocycles. The van der Waals surface area contributed by atoms with Crippen LogP contribution >= 0.6 is 0 Å². The summed E-state index contributed by atoms with van der Waals surface area (Å²) in [6.45, 7) is 0. The molecule has 7 nitrogen and oxygen atoms in total. The zero-order chi connectivity index (χ0) is 23.9. The number of carbonyl (C=O) groups is 2. The van der Waals surface area contributed by atoms with Crippen LogP contribution in [0.2, 0.25) is 0 Å². The van der Waals surface area contributed by atoms with E-state index in [0.29, 0.717) is 22.6 Å². The third-order valence-electron chi connectivity index (χ3n) is 5.75. The number of carbonyl (C=O) groups excluding carboxylic acids is 2. The highest BCUT2D eigenvalue weighted by Gasteiger charge is 2.34. The van der Waals surface area contributed by atoms with E-state index in [-0.39, 0.29) is 23.7 Å². The Morgan fingerprint density at radius 1 is 0.941 bits per heavy atom. The van der Waals surface area contributed by atoms with Crippen LogP contribution in [0.25, 0.3) is 5.69 Å². The second kappa shape index (κ2) is 8.51. The number of nitrogens with one attached hydrogen (secondary N) is 3. The van der Waals surface area contributed by atoms with Gasteiger partial charge >= 0.3 is 12.2 Å². The van der Waals surface area contributed by atoms with Crippen molar-refractivity contribution in [2.75, 3.05) is 10.6 Å². The first-order valence-electron chi connectivity index (χ1n) is 11.0. The minimum Gasteiger partial charge on any atom is -0.335 e. The molecule has 1 heterocycles. The lowest BCUT2D eigenvalue weighted by Crippen LogP contribution is -2.30. The highest BCUT2D eigenvalue weighted by atomic mass is 19.4. The number of nitrogens with zero attached hydrogens (tertiary/aromatic N) is 2. The minimum absolute atomic E-state index is 0.0642. The van der Waals surface area contributed by atoms with E-state index >= 15 is 0 Å². The Balaban J connectivity index is 1.33. The number of hydrogen-bond donors (Lipinski definition) is 3. The van der Waals surface area contributed by atoms with Gasteiger partial charge in [0.1, 0.15) is 0 Å². The molecule has 0 saturated heterocycles. The van der Waals surface area contributed by atoms with Crippen molar-refractivity contribution in [1.29, 1.82) is 0 Å². The van der Waals surface area contributed by atoms with E-state index in [2.05, 4.69) is 21.0 Å². The summed E-state index contributed by atoms with van der Waals surface area (Å²) < 4.78 is 40.9. The maximum atomic E-state index is 13.2. The molecule has 3 N–H and O–H groups in total. The fourth-order valence-electron chi connectivity index (χ4n) is 3.72. The van der Waals surface area contributed by atoms with Crippen LogP contribution in [0.4, 0.5) is 29.3 Å². The van der Waals surface area contributed by atoms with Gasteiger partial charge < -0.3 is 16.0 Å². The third-order valence-corrected chi connectivity index (χ3v) is 5.75. The number of amides is 3. The SMILES string of the molecule is O=C(Nc1ccc(NC(=O)c2cnn(-c3cccc(C(F)(F)F)c3)c2C2CC2)cc1)NC1CC1. The molecular weight excluding hydrogens is 447 g/mol.